The molecule has 0 N–H and O–H groups in total. The Morgan fingerprint density at radius 1 is 0.374 bits per heavy atom. The fourth-order valence-electron chi connectivity index (χ4n) is 17.1. The molecule has 4 aliphatic rings. The molecule has 1 saturated carbocycles. The fraction of sp³-hybridized carbons (Fsp3) is 0.347. The molecule has 10 aromatic carbocycles. The number of nitrogens with zero attached hydrogens (tertiary/aromatic N) is 3. The van der Waals surface area contributed by atoms with Crippen molar-refractivity contribution in [2.24, 2.45) is 0 Å². The summed E-state index contributed by atoms with van der Waals surface area (Å²) in [7, 11) is 0. The van der Waals surface area contributed by atoms with E-state index in [1.165, 1.54) is 146 Å². The zero-order valence-corrected chi connectivity index (χ0v) is 63.2. The van der Waals surface area contributed by atoms with E-state index in [2.05, 4.69) is 365 Å². The first-order valence-electron chi connectivity index (χ1n) is 36.9. The van der Waals surface area contributed by atoms with Crippen LogP contribution in [0.1, 0.15) is 226 Å². The van der Waals surface area contributed by atoms with Crippen LogP contribution < -0.4 is 31.1 Å². The highest BCUT2D eigenvalue weighted by molar-refractivity contribution is 7.00. The van der Waals surface area contributed by atoms with Gasteiger partial charge in [-0.3, -0.25) is 0 Å². The molecule has 504 valence electrons. The van der Waals surface area contributed by atoms with Gasteiger partial charge in [0.15, 0.2) is 0 Å². The van der Waals surface area contributed by atoms with Crippen molar-refractivity contribution in [1.82, 2.24) is 0 Å². The lowest BCUT2D eigenvalue weighted by Gasteiger charge is -2.51. The molecule has 0 saturated heterocycles. The minimum absolute atomic E-state index is 0.0229. The topological polar surface area (TPSA) is 9.72 Å². The van der Waals surface area contributed by atoms with Crippen molar-refractivity contribution >= 4 is 74.2 Å². The fourth-order valence-corrected chi connectivity index (χ4v) is 17.1. The smallest absolute Gasteiger partial charge is 0.252 e. The summed E-state index contributed by atoms with van der Waals surface area (Å²) >= 11 is 0. The largest absolute Gasteiger partial charge is 0.334 e. The van der Waals surface area contributed by atoms with Crippen LogP contribution in [-0.4, -0.2) is 12.3 Å². The molecule has 4 heteroatoms. The first kappa shape index (κ1) is 67.6. The summed E-state index contributed by atoms with van der Waals surface area (Å²) in [5.41, 5.74) is 31.9. The third-order valence-corrected chi connectivity index (χ3v) is 23.5. The molecule has 3 unspecified atom stereocenters. The summed E-state index contributed by atoms with van der Waals surface area (Å²) in [6.07, 6.45) is 4.46. The van der Waals surface area contributed by atoms with E-state index < -0.39 is 0 Å². The monoisotopic (exact) mass is 1300 g/mol. The molecule has 0 radical (unpaired) electrons. The number of allylic oxidation sites excluding steroid dienone is 1. The molecule has 99 heavy (non-hydrogen) atoms. The Labute approximate surface area is 595 Å². The molecule has 0 spiro atoms. The summed E-state index contributed by atoms with van der Waals surface area (Å²) in [5.74, 6) is -0.0755. The van der Waals surface area contributed by atoms with Crippen molar-refractivity contribution in [1.29, 1.82) is 0 Å². The van der Waals surface area contributed by atoms with E-state index in [9.17, 15) is 0 Å². The van der Waals surface area contributed by atoms with Gasteiger partial charge >= 0.3 is 0 Å². The predicted octanol–water partition coefficient (Wildman–Crippen LogP) is 24.5. The van der Waals surface area contributed by atoms with Crippen LogP contribution in [0.15, 0.2) is 219 Å². The second kappa shape index (κ2) is 23.8. The minimum Gasteiger partial charge on any atom is -0.334 e. The van der Waals surface area contributed by atoms with E-state index in [-0.39, 0.29) is 56.1 Å². The molecule has 3 aliphatic heterocycles. The average molecular weight is 1300 g/mol. The van der Waals surface area contributed by atoms with Gasteiger partial charge in [0.05, 0.1) is 16.9 Å². The van der Waals surface area contributed by atoms with Gasteiger partial charge in [-0.05, 0) is 196 Å². The summed E-state index contributed by atoms with van der Waals surface area (Å²) < 4.78 is 0. The molecule has 14 rings (SSSR count). The van der Waals surface area contributed by atoms with Crippen LogP contribution in [0.3, 0.4) is 0 Å². The highest BCUT2D eigenvalue weighted by atomic mass is 15.3. The van der Waals surface area contributed by atoms with Gasteiger partial charge in [-0.1, -0.05) is 309 Å². The molecule has 10 aromatic rings. The van der Waals surface area contributed by atoms with Gasteiger partial charge < -0.3 is 14.7 Å². The van der Waals surface area contributed by atoms with Crippen LogP contribution in [0.2, 0.25) is 0 Å². The van der Waals surface area contributed by atoms with E-state index in [1.54, 1.807) is 0 Å². The van der Waals surface area contributed by atoms with Crippen LogP contribution in [0.25, 0.3) is 27.8 Å². The Morgan fingerprint density at radius 3 is 1.29 bits per heavy atom. The maximum Gasteiger partial charge on any atom is 0.252 e. The number of benzene rings is 10. The molecule has 1 aliphatic carbocycles. The van der Waals surface area contributed by atoms with Crippen LogP contribution in [0.4, 0.5) is 45.5 Å². The quantitative estimate of drug-likeness (QED) is 0.133. The van der Waals surface area contributed by atoms with Crippen LogP contribution >= 0.6 is 0 Å². The van der Waals surface area contributed by atoms with Gasteiger partial charge in [-0.2, -0.15) is 0 Å². The lowest BCUT2D eigenvalue weighted by Crippen LogP contribution is -2.62. The minimum atomic E-state index is -0.306. The summed E-state index contributed by atoms with van der Waals surface area (Å²) in [4.78, 5) is 8.30. The summed E-state index contributed by atoms with van der Waals surface area (Å²) in [5, 5.41) is 0. The van der Waals surface area contributed by atoms with Gasteiger partial charge in [0, 0.05) is 56.6 Å². The van der Waals surface area contributed by atoms with Gasteiger partial charge in [0.25, 0.3) is 6.71 Å². The number of hydrogen-bond acceptors (Lipinski definition) is 3. The number of hydrogen-bond donors (Lipinski definition) is 0. The molecular weight excluding hydrogens is 1190 g/mol. The summed E-state index contributed by atoms with van der Waals surface area (Å²) in [6.45, 7) is 52.4. The Balaban J connectivity index is 1.10. The Bertz CT molecular complexity index is 4780. The number of fused-ring (bicyclic) bond motifs is 7. The highest BCUT2D eigenvalue weighted by Crippen LogP contribution is 2.63. The van der Waals surface area contributed by atoms with Crippen molar-refractivity contribution in [3.63, 3.8) is 0 Å². The molecule has 0 aromatic heterocycles. The van der Waals surface area contributed by atoms with Gasteiger partial charge in [-0.15, -0.1) is 0 Å². The molecular formula is C95H106BN3. The Kier molecular flexibility index (Phi) is 16.2. The van der Waals surface area contributed by atoms with E-state index in [4.69, 9.17) is 6.58 Å². The second-order valence-electron chi connectivity index (χ2n) is 36.3. The van der Waals surface area contributed by atoms with Crippen molar-refractivity contribution < 1.29 is 0 Å². The number of rotatable bonds is 9. The average Bonchev–Trinajstić information content (AvgIpc) is 1.68. The zero-order chi connectivity index (χ0) is 70.5. The maximum atomic E-state index is 5.08. The molecule has 3 nitrogen and oxygen atoms in total. The van der Waals surface area contributed by atoms with E-state index >= 15 is 0 Å². The van der Waals surface area contributed by atoms with E-state index in [1.807, 2.05) is 0 Å². The lowest BCUT2D eigenvalue weighted by molar-refractivity contribution is 0.195. The third kappa shape index (κ3) is 11.6. The molecule has 3 heterocycles. The van der Waals surface area contributed by atoms with Crippen molar-refractivity contribution in [3.8, 4) is 22.3 Å². The SMILES string of the molecule is C=C(c1ccc(C(C)(C)C)cc1)C(c1ccc(C(C)(C)C)cc1)c1ccc2c(c1)C1(C)CCCCC1(C)N2c1cc2c3c(c1)N(c1ccc(C(C)(C)C)cc1-c1ccccc1)c1cc(C(C)(C)C)ccc1B3c1cc(C(C)(C)C)ccc1N2c1ccc(C(C)(C)C)cc1-c1ccccc1. The standard InChI is InChI=1S/C95H106BN3/c1-61(62-34-39-67(40-35-62)88(2,3)4)86(65-36-41-68(42-37-65)89(5,6)7)66-38-48-81-76(54-66)94(20)52-28-29-53-95(94,21)99(81)73-59-84-87-85(60-73)98(80-50-45-70(91(11,12)13)56-75(80)64-32-26-23-27-33-64)83-58-72(93(17,18)19)43-47-77(83)96(87)78-57-71(92(14,15)16)46-51-82(78)97(84)79-49-44-69(90(8,9)10)55-74(79)63-30-24-22-25-31-63/h22-27,30-51,54-60,86H,1,28-29,52-53H2,2-21H3. The van der Waals surface area contributed by atoms with Crippen molar-refractivity contribution in [2.45, 2.75) is 214 Å². The molecule has 3 atom stereocenters. The first-order chi connectivity index (χ1) is 46.5. The predicted molar refractivity (Wildman–Crippen MR) is 430 cm³/mol. The van der Waals surface area contributed by atoms with Gasteiger partial charge in [0.2, 0.25) is 0 Å². The van der Waals surface area contributed by atoms with E-state index in [0.717, 1.165) is 24.8 Å². The van der Waals surface area contributed by atoms with Crippen molar-refractivity contribution in [2.75, 3.05) is 14.7 Å². The van der Waals surface area contributed by atoms with E-state index in [0.29, 0.717) is 0 Å². The van der Waals surface area contributed by atoms with Gasteiger partial charge in [-0.25, -0.2) is 0 Å². The maximum absolute atomic E-state index is 5.08. The Hall–Kier alpha value is -8.60. The highest BCUT2D eigenvalue weighted by Gasteiger charge is 2.58. The Morgan fingerprint density at radius 2 is 0.788 bits per heavy atom. The molecule has 1 fully saturated rings. The molecule has 0 bridgehead atoms. The lowest BCUT2D eigenvalue weighted by atomic mass is 9.33. The third-order valence-electron chi connectivity index (χ3n) is 23.5. The van der Waals surface area contributed by atoms with Crippen LogP contribution in [0.5, 0.6) is 0 Å². The van der Waals surface area contributed by atoms with Crippen LogP contribution in [0, 0.1) is 0 Å². The normalized spacial score (nSPS) is 17.9. The van der Waals surface area contributed by atoms with Crippen molar-refractivity contribution in [3.05, 3.63) is 275 Å². The first-order valence-corrected chi connectivity index (χ1v) is 36.9. The number of anilines is 8. The molecule has 0 amide bonds. The second-order valence-corrected chi connectivity index (χ2v) is 36.3. The zero-order valence-electron chi connectivity index (χ0n) is 63.2. The summed E-state index contributed by atoms with van der Waals surface area (Å²) in [6, 6.07) is 84.0. The van der Waals surface area contributed by atoms with Crippen LogP contribution in [-0.2, 0) is 37.9 Å². The van der Waals surface area contributed by atoms with Gasteiger partial charge in [0.1, 0.15) is 0 Å².